The molecule has 2 rings (SSSR count). The fourth-order valence-corrected chi connectivity index (χ4v) is 2.31. The number of likely N-dealkylation sites (N-methyl/N-ethyl adjacent to an activating group) is 1. The van der Waals surface area contributed by atoms with Crippen LogP contribution in [0.25, 0.3) is 0 Å². The summed E-state index contributed by atoms with van der Waals surface area (Å²) in [4.78, 5) is 19.6. The predicted molar refractivity (Wildman–Crippen MR) is 70.6 cm³/mol. The lowest BCUT2D eigenvalue weighted by molar-refractivity contribution is -0.137. The van der Waals surface area contributed by atoms with Gasteiger partial charge < -0.3 is 15.5 Å². The van der Waals surface area contributed by atoms with Crippen LogP contribution in [0.5, 0.6) is 0 Å². The van der Waals surface area contributed by atoms with E-state index in [1.165, 1.54) is 0 Å². The van der Waals surface area contributed by atoms with Crippen molar-refractivity contribution < 1.29 is 18.0 Å². The van der Waals surface area contributed by atoms with Crippen molar-refractivity contribution in [2.24, 2.45) is 5.73 Å². The van der Waals surface area contributed by atoms with Crippen molar-refractivity contribution in [1.82, 2.24) is 14.8 Å². The molecule has 1 amide bonds. The van der Waals surface area contributed by atoms with Crippen LogP contribution < -0.4 is 5.73 Å². The Balaban J connectivity index is 2.16. The molecule has 8 heteroatoms. The SMILES string of the molecule is CN1CCN(C(=O)c2ccc(C(F)(F)F)cn2)C(CN)C1. The zero-order valence-corrected chi connectivity index (χ0v) is 11.6. The van der Waals surface area contributed by atoms with Gasteiger partial charge in [0.05, 0.1) is 11.6 Å². The molecule has 1 unspecified atom stereocenters. The molecule has 0 spiro atoms. The Hall–Kier alpha value is -1.67. The van der Waals surface area contributed by atoms with E-state index in [1.807, 2.05) is 7.05 Å². The summed E-state index contributed by atoms with van der Waals surface area (Å²) in [5, 5.41) is 0. The third-order valence-corrected chi connectivity index (χ3v) is 3.53. The first-order chi connectivity index (χ1) is 9.82. The highest BCUT2D eigenvalue weighted by atomic mass is 19.4. The minimum absolute atomic E-state index is 0.00556. The molecule has 2 heterocycles. The van der Waals surface area contributed by atoms with E-state index in [4.69, 9.17) is 5.73 Å². The van der Waals surface area contributed by atoms with Crippen molar-refractivity contribution in [3.8, 4) is 0 Å². The summed E-state index contributed by atoms with van der Waals surface area (Å²) in [5.74, 6) is -0.382. The van der Waals surface area contributed by atoms with Crippen LogP contribution in [0.1, 0.15) is 16.1 Å². The molecular weight excluding hydrogens is 285 g/mol. The summed E-state index contributed by atoms with van der Waals surface area (Å²) in [6.45, 7) is 2.13. The van der Waals surface area contributed by atoms with Crippen LogP contribution in [-0.4, -0.2) is 60.0 Å². The summed E-state index contributed by atoms with van der Waals surface area (Å²) in [7, 11) is 1.93. The number of carbonyl (C=O) groups excluding carboxylic acids is 1. The second-order valence-electron chi connectivity index (χ2n) is 5.08. The maximum atomic E-state index is 12.5. The van der Waals surface area contributed by atoms with Crippen molar-refractivity contribution in [2.75, 3.05) is 33.2 Å². The number of carbonyl (C=O) groups is 1. The molecule has 0 aromatic carbocycles. The maximum absolute atomic E-state index is 12.5. The molecule has 1 saturated heterocycles. The molecule has 0 bridgehead atoms. The van der Waals surface area contributed by atoms with Crippen molar-refractivity contribution in [1.29, 1.82) is 0 Å². The van der Waals surface area contributed by atoms with Crippen molar-refractivity contribution in [3.05, 3.63) is 29.6 Å². The van der Waals surface area contributed by atoms with Gasteiger partial charge in [-0.05, 0) is 19.2 Å². The minimum Gasteiger partial charge on any atom is -0.330 e. The number of rotatable bonds is 2. The first kappa shape index (κ1) is 15.7. The van der Waals surface area contributed by atoms with Gasteiger partial charge in [-0.1, -0.05) is 0 Å². The maximum Gasteiger partial charge on any atom is 0.417 e. The summed E-state index contributed by atoms with van der Waals surface area (Å²) >= 11 is 0. The number of hydrogen-bond donors (Lipinski definition) is 1. The Labute approximate surface area is 120 Å². The van der Waals surface area contributed by atoms with Crippen molar-refractivity contribution in [3.63, 3.8) is 0 Å². The third kappa shape index (κ3) is 3.51. The van der Waals surface area contributed by atoms with E-state index in [0.717, 1.165) is 12.1 Å². The molecule has 0 aliphatic carbocycles. The van der Waals surface area contributed by atoms with E-state index < -0.39 is 11.7 Å². The average molecular weight is 302 g/mol. The second kappa shape index (κ2) is 5.98. The molecule has 116 valence electrons. The van der Waals surface area contributed by atoms with Gasteiger partial charge in [0, 0.05) is 32.4 Å². The number of pyridine rings is 1. The lowest BCUT2D eigenvalue weighted by Gasteiger charge is -2.39. The highest BCUT2D eigenvalue weighted by molar-refractivity contribution is 5.92. The van der Waals surface area contributed by atoms with Gasteiger partial charge in [-0.15, -0.1) is 0 Å². The lowest BCUT2D eigenvalue weighted by Crippen LogP contribution is -2.56. The van der Waals surface area contributed by atoms with Crippen LogP contribution in [-0.2, 0) is 6.18 Å². The van der Waals surface area contributed by atoms with Gasteiger partial charge in [0.25, 0.3) is 5.91 Å². The van der Waals surface area contributed by atoms with Crippen LogP contribution in [0.15, 0.2) is 18.3 Å². The van der Waals surface area contributed by atoms with Crippen LogP contribution in [0, 0.1) is 0 Å². The Morgan fingerprint density at radius 3 is 2.67 bits per heavy atom. The van der Waals surface area contributed by atoms with Gasteiger partial charge in [-0.3, -0.25) is 9.78 Å². The van der Waals surface area contributed by atoms with Gasteiger partial charge in [-0.25, -0.2) is 0 Å². The van der Waals surface area contributed by atoms with E-state index in [9.17, 15) is 18.0 Å². The molecule has 5 nitrogen and oxygen atoms in total. The fraction of sp³-hybridized carbons (Fsp3) is 0.538. The van der Waals surface area contributed by atoms with E-state index in [2.05, 4.69) is 9.88 Å². The topological polar surface area (TPSA) is 62.5 Å². The zero-order valence-electron chi connectivity index (χ0n) is 11.6. The quantitative estimate of drug-likeness (QED) is 0.878. The molecule has 0 saturated carbocycles. The number of nitrogens with zero attached hydrogens (tertiary/aromatic N) is 3. The fourth-order valence-electron chi connectivity index (χ4n) is 2.31. The molecule has 21 heavy (non-hydrogen) atoms. The molecular formula is C13H17F3N4O. The number of hydrogen-bond acceptors (Lipinski definition) is 4. The average Bonchev–Trinajstić information content (AvgIpc) is 2.45. The third-order valence-electron chi connectivity index (χ3n) is 3.53. The highest BCUT2D eigenvalue weighted by Crippen LogP contribution is 2.28. The molecule has 1 fully saturated rings. The largest absolute Gasteiger partial charge is 0.417 e. The highest BCUT2D eigenvalue weighted by Gasteiger charge is 2.32. The number of piperazine rings is 1. The molecule has 2 N–H and O–H groups in total. The number of halogens is 3. The Bertz CT molecular complexity index is 503. The molecule has 1 aromatic rings. The molecule has 1 aliphatic heterocycles. The molecule has 1 atom stereocenters. The smallest absolute Gasteiger partial charge is 0.330 e. The summed E-state index contributed by atoms with van der Waals surface area (Å²) in [6, 6.07) is 1.82. The van der Waals surface area contributed by atoms with Crippen LogP contribution in [0.2, 0.25) is 0 Å². The van der Waals surface area contributed by atoms with E-state index in [0.29, 0.717) is 32.4 Å². The minimum atomic E-state index is -4.46. The van der Waals surface area contributed by atoms with Crippen molar-refractivity contribution >= 4 is 5.91 Å². The van der Waals surface area contributed by atoms with Gasteiger partial charge in [0.15, 0.2) is 0 Å². The van der Waals surface area contributed by atoms with E-state index in [1.54, 1.807) is 4.90 Å². The van der Waals surface area contributed by atoms with Gasteiger partial charge in [0.2, 0.25) is 0 Å². The molecule has 1 aliphatic rings. The van der Waals surface area contributed by atoms with Crippen LogP contribution in [0.3, 0.4) is 0 Å². The summed E-state index contributed by atoms with van der Waals surface area (Å²) < 4.78 is 37.4. The Kier molecular flexibility index (Phi) is 4.48. The number of amides is 1. The monoisotopic (exact) mass is 302 g/mol. The van der Waals surface area contributed by atoms with E-state index >= 15 is 0 Å². The van der Waals surface area contributed by atoms with Crippen LogP contribution >= 0.6 is 0 Å². The Morgan fingerprint density at radius 1 is 1.43 bits per heavy atom. The summed E-state index contributed by atoms with van der Waals surface area (Å²) in [6.07, 6.45) is -3.77. The number of nitrogens with two attached hydrogens (primary N) is 1. The first-order valence-electron chi connectivity index (χ1n) is 6.55. The zero-order chi connectivity index (χ0) is 15.6. The van der Waals surface area contributed by atoms with Crippen LogP contribution in [0.4, 0.5) is 13.2 Å². The molecule has 0 radical (unpaired) electrons. The van der Waals surface area contributed by atoms with Gasteiger partial charge in [-0.2, -0.15) is 13.2 Å². The summed E-state index contributed by atoms with van der Waals surface area (Å²) in [5.41, 5.74) is 4.80. The van der Waals surface area contributed by atoms with Gasteiger partial charge >= 0.3 is 6.18 Å². The second-order valence-corrected chi connectivity index (χ2v) is 5.08. The first-order valence-corrected chi connectivity index (χ1v) is 6.55. The number of aromatic nitrogens is 1. The number of alkyl halides is 3. The van der Waals surface area contributed by atoms with Gasteiger partial charge in [0.1, 0.15) is 5.69 Å². The predicted octanol–water partition coefficient (Wildman–Crippen LogP) is 0.815. The molecule has 1 aromatic heterocycles. The van der Waals surface area contributed by atoms with Crippen molar-refractivity contribution in [2.45, 2.75) is 12.2 Å². The Morgan fingerprint density at radius 2 is 2.14 bits per heavy atom. The normalized spacial score (nSPS) is 20.6. The lowest BCUT2D eigenvalue weighted by atomic mass is 10.1. The standard InChI is InChI=1S/C13H17F3N4O/c1-19-4-5-20(10(6-17)8-19)12(21)11-3-2-9(7-18-11)13(14,15)16/h2-3,7,10H,4-6,8,17H2,1H3. The van der Waals surface area contributed by atoms with E-state index in [-0.39, 0.29) is 17.6 Å².